The molecule has 1 saturated heterocycles. The molecule has 10 heteroatoms. The molecule has 1 aliphatic rings. The lowest BCUT2D eigenvalue weighted by Gasteiger charge is -2.26. The van der Waals surface area contributed by atoms with Crippen LogP contribution in [0.25, 0.3) is 16.9 Å². The van der Waals surface area contributed by atoms with Crippen molar-refractivity contribution in [3.8, 4) is 16.9 Å². The summed E-state index contributed by atoms with van der Waals surface area (Å²) in [5.41, 5.74) is 3.01. The number of methoxy groups -OCH3 is 1. The summed E-state index contributed by atoms with van der Waals surface area (Å²) in [6.45, 7) is 8.50. The third-order valence-corrected chi connectivity index (χ3v) is 9.51. The Morgan fingerprint density at radius 2 is 1.68 bits per heavy atom. The molecule has 4 aromatic rings. The van der Waals surface area contributed by atoms with Gasteiger partial charge in [-0.05, 0) is 53.6 Å². The van der Waals surface area contributed by atoms with E-state index in [1.807, 2.05) is 36.4 Å². The van der Waals surface area contributed by atoms with Gasteiger partial charge in [-0.2, -0.15) is 18.9 Å². The lowest BCUT2D eigenvalue weighted by molar-refractivity contribution is 0.415. The van der Waals surface area contributed by atoms with Crippen LogP contribution in [0.3, 0.4) is 0 Å². The monoisotopic (exact) mass is 534 g/mol. The topological polar surface area (TPSA) is 92.9 Å². The maximum absolute atomic E-state index is 13.6. The second-order valence-corrected chi connectivity index (χ2v) is 12.1. The minimum Gasteiger partial charge on any atom is -0.497 e. The highest BCUT2D eigenvalue weighted by Crippen LogP contribution is 2.33. The van der Waals surface area contributed by atoms with Crippen molar-refractivity contribution in [3.05, 3.63) is 66.6 Å². The molecule has 0 aliphatic carbocycles. The Kier molecular flexibility index (Phi) is 7.11. The van der Waals surface area contributed by atoms with Gasteiger partial charge in [0.1, 0.15) is 17.9 Å². The van der Waals surface area contributed by atoms with Gasteiger partial charge in [0, 0.05) is 37.9 Å². The number of benzene rings is 2. The molecular formula is C28H34N6O3S. The average Bonchev–Trinajstić information content (AvgIpc) is 3.28. The molecule has 1 aliphatic heterocycles. The Bertz CT molecular complexity index is 1510. The van der Waals surface area contributed by atoms with Gasteiger partial charge >= 0.3 is 0 Å². The molecule has 0 amide bonds. The molecule has 5 rings (SSSR count). The molecule has 38 heavy (non-hydrogen) atoms. The Morgan fingerprint density at radius 1 is 0.947 bits per heavy atom. The fourth-order valence-electron chi connectivity index (χ4n) is 4.82. The van der Waals surface area contributed by atoms with Crippen molar-refractivity contribution in [3.63, 3.8) is 0 Å². The van der Waals surface area contributed by atoms with E-state index in [9.17, 15) is 8.42 Å². The Morgan fingerprint density at radius 3 is 2.37 bits per heavy atom. The van der Waals surface area contributed by atoms with Gasteiger partial charge < -0.3 is 9.64 Å². The highest BCUT2D eigenvalue weighted by Gasteiger charge is 2.29. The van der Waals surface area contributed by atoms with Crippen LogP contribution in [0.4, 0.5) is 5.82 Å². The van der Waals surface area contributed by atoms with Crippen LogP contribution >= 0.6 is 0 Å². The van der Waals surface area contributed by atoms with E-state index in [-0.39, 0.29) is 5.41 Å². The van der Waals surface area contributed by atoms with Crippen molar-refractivity contribution in [2.45, 2.75) is 43.9 Å². The van der Waals surface area contributed by atoms with Gasteiger partial charge in [-0.15, -0.1) is 0 Å². The molecule has 0 unspecified atom stereocenters. The zero-order valence-electron chi connectivity index (χ0n) is 22.3. The maximum atomic E-state index is 13.6. The molecular weight excluding hydrogens is 500 g/mol. The molecule has 3 heterocycles. The molecule has 0 atom stereocenters. The molecule has 0 spiro atoms. The van der Waals surface area contributed by atoms with Crippen LogP contribution in [0.5, 0.6) is 5.75 Å². The highest BCUT2D eigenvalue weighted by atomic mass is 32.2. The predicted molar refractivity (Wildman–Crippen MR) is 148 cm³/mol. The smallest absolute Gasteiger partial charge is 0.254 e. The molecule has 0 radical (unpaired) electrons. The van der Waals surface area contributed by atoms with Crippen LogP contribution in [0.1, 0.15) is 39.2 Å². The fourth-order valence-corrected chi connectivity index (χ4v) is 6.29. The largest absolute Gasteiger partial charge is 0.497 e. The predicted octanol–water partition coefficient (Wildman–Crippen LogP) is 4.39. The first-order valence-electron chi connectivity index (χ1n) is 12.9. The maximum Gasteiger partial charge on any atom is 0.254 e. The van der Waals surface area contributed by atoms with Crippen LogP contribution in [0, 0.1) is 0 Å². The minimum atomic E-state index is -3.62. The van der Waals surface area contributed by atoms with Crippen molar-refractivity contribution in [1.29, 1.82) is 0 Å². The molecule has 0 saturated carbocycles. The lowest BCUT2D eigenvalue weighted by Crippen LogP contribution is -2.36. The van der Waals surface area contributed by atoms with Gasteiger partial charge in [0.2, 0.25) is 10.0 Å². The van der Waals surface area contributed by atoms with E-state index in [0.717, 1.165) is 34.7 Å². The second kappa shape index (κ2) is 10.3. The van der Waals surface area contributed by atoms with Gasteiger partial charge in [0.05, 0.1) is 12.0 Å². The molecule has 0 N–H and O–H groups in total. The van der Waals surface area contributed by atoms with Crippen molar-refractivity contribution in [2.75, 3.05) is 38.2 Å². The van der Waals surface area contributed by atoms with Gasteiger partial charge in [-0.25, -0.2) is 13.4 Å². The van der Waals surface area contributed by atoms with Gasteiger partial charge in [-0.3, -0.25) is 0 Å². The number of fused-ring (bicyclic) bond motifs is 1. The quantitative estimate of drug-likeness (QED) is 0.347. The SMILES string of the molecule is CCC(C)(C)c1ccc(S(=O)(=O)N2CCCN(c3c(-c4ccc(OC)cc4)cnc4ncnn34)CC2)cc1. The summed E-state index contributed by atoms with van der Waals surface area (Å²) in [5, 5.41) is 4.44. The molecule has 200 valence electrons. The fraction of sp³-hybridized carbons (Fsp3) is 0.393. The van der Waals surface area contributed by atoms with E-state index in [0.29, 0.717) is 43.3 Å². The van der Waals surface area contributed by atoms with Gasteiger partial charge in [0.15, 0.2) is 0 Å². The standard InChI is InChI=1S/C28H34N6O3S/c1-5-28(2,3)22-9-13-24(14-10-22)38(35,36)33-16-6-15-32(17-18-33)26-25(19-29-27-30-20-31-34(26)27)21-7-11-23(37-4)12-8-21/h7-14,19-20H,5-6,15-18H2,1-4H3. The highest BCUT2D eigenvalue weighted by molar-refractivity contribution is 7.89. The summed E-state index contributed by atoms with van der Waals surface area (Å²) in [5.74, 6) is 2.12. The van der Waals surface area contributed by atoms with E-state index < -0.39 is 10.0 Å². The van der Waals surface area contributed by atoms with E-state index >= 15 is 0 Å². The minimum absolute atomic E-state index is 0.00419. The summed E-state index contributed by atoms with van der Waals surface area (Å²) in [7, 11) is -1.98. The van der Waals surface area contributed by atoms with E-state index in [2.05, 4.69) is 40.7 Å². The molecule has 2 aromatic heterocycles. The number of hydrogen-bond donors (Lipinski definition) is 0. The van der Waals surface area contributed by atoms with Gasteiger partial charge in [0.25, 0.3) is 5.78 Å². The van der Waals surface area contributed by atoms with Crippen LogP contribution in [-0.4, -0.2) is 65.6 Å². The summed E-state index contributed by atoms with van der Waals surface area (Å²) in [6, 6.07) is 15.2. The number of aromatic nitrogens is 4. The summed E-state index contributed by atoms with van der Waals surface area (Å²) >= 11 is 0. The van der Waals surface area contributed by atoms with Crippen LogP contribution in [0.2, 0.25) is 0 Å². The Labute approximate surface area is 224 Å². The number of sulfonamides is 1. The van der Waals surface area contributed by atoms with E-state index in [4.69, 9.17) is 4.74 Å². The summed E-state index contributed by atoms with van der Waals surface area (Å²) in [6.07, 6.45) is 4.95. The van der Waals surface area contributed by atoms with E-state index in [1.54, 1.807) is 34.3 Å². The number of ether oxygens (including phenoxy) is 1. The first kappa shape index (κ1) is 26.1. The van der Waals surface area contributed by atoms with Crippen molar-refractivity contribution < 1.29 is 13.2 Å². The van der Waals surface area contributed by atoms with Crippen LogP contribution in [-0.2, 0) is 15.4 Å². The molecule has 2 aromatic carbocycles. The number of anilines is 1. The zero-order valence-corrected chi connectivity index (χ0v) is 23.1. The van der Waals surface area contributed by atoms with Crippen LogP contribution in [0.15, 0.2) is 66.0 Å². The van der Waals surface area contributed by atoms with E-state index in [1.165, 1.54) is 6.33 Å². The number of rotatable bonds is 7. The Balaban J connectivity index is 1.43. The van der Waals surface area contributed by atoms with Crippen molar-refractivity contribution in [1.82, 2.24) is 23.9 Å². The second-order valence-electron chi connectivity index (χ2n) is 10.2. The average molecular weight is 535 g/mol. The van der Waals surface area contributed by atoms with Crippen LogP contribution < -0.4 is 9.64 Å². The Hall–Kier alpha value is -3.50. The molecule has 9 nitrogen and oxygen atoms in total. The molecule has 0 bridgehead atoms. The number of hydrogen-bond acceptors (Lipinski definition) is 7. The lowest BCUT2D eigenvalue weighted by atomic mass is 9.82. The summed E-state index contributed by atoms with van der Waals surface area (Å²) < 4.78 is 35.8. The van der Waals surface area contributed by atoms with Crippen molar-refractivity contribution in [2.24, 2.45) is 0 Å². The third-order valence-electron chi connectivity index (χ3n) is 7.59. The molecule has 1 fully saturated rings. The first-order chi connectivity index (χ1) is 18.2. The zero-order chi connectivity index (χ0) is 26.9. The first-order valence-corrected chi connectivity index (χ1v) is 14.4. The summed E-state index contributed by atoms with van der Waals surface area (Å²) in [4.78, 5) is 11.3. The normalized spacial score (nSPS) is 15.5. The number of nitrogens with zero attached hydrogens (tertiary/aromatic N) is 6. The van der Waals surface area contributed by atoms with Crippen molar-refractivity contribution >= 4 is 21.6 Å². The third kappa shape index (κ3) is 4.86. The van der Waals surface area contributed by atoms with Gasteiger partial charge in [-0.1, -0.05) is 45.0 Å².